The van der Waals surface area contributed by atoms with Gasteiger partial charge in [0.15, 0.2) is 0 Å². The highest BCUT2D eigenvalue weighted by atomic mass is 35.5. The van der Waals surface area contributed by atoms with Crippen molar-refractivity contribution in [1.29, 1.82) is 0 Å². The zero-order valence-electron chi connectivity index (χ0n) is 8.51. The number of aliphatic hydroxyl groups is 1. The fourth-order valence-corrected chi connectivity index (χ4v) is 1.43. The molecule has 1 rings (SSSR count). The van der Waals surface area contributed by atoms with Gasteiger partial charge in [0.25, 0.3) is 0 Å². The van der Waals surface area contributed by atoms with E-state index in [1.54, 1.807) is 0 Å². The zero-order valence-corrected chi connectivity index (χ0v) is 9.26. The van der Waals surface area contributed by atoms with E-state index in [1.807, 2.05) is 0 Å². The number of nitrogens with two attached hydrogens (primary N) is 1. The van der Waals surface area contributed by atoms with E-state index < -0.39 is 30.6 Å². The van der Waals surface area contributed by atoms with E-state index >= 15 is 0 Å². The second kappa shape index (κ2) is 5.20. The molecule has 0 aliphatic carbocycles. The van der Waals surface area contributed by atoms with Crippen LogP contribution < -0.4 is 5.73 Å². The van der Waals surface area contributed by atoms with Crippen LogP contribution in [0.4, 0.5) is 17.6 Å². The molecule has 96 valence electrons. The van der Waals surface area contributed by atoms with Crippen LogP contribution in [-0.2, 0) is 0 Å². The van der Waals surface area contributed by atoms with Crippen LogP contribution in [0, 0.1) is 5.82 Å². The summed E-state index contributed by atoms with van der Waals surface area (Å²) < 4.78 is 49.7. The molecule has 0 aliphatic heterocycles. The number of rotatable bonds is 3. The van der Waals surface area contributed by atoms with Crippen LogP contribution in [0.15, 0.2) is 18.2 Å². The number of alkyl halides is 3. The van der Waals surface area contributed by atoms with Crippen molar-refractivity contribution >= 4 is 11.6 Å². The Morgan fingerprint density at radius 1 is 1.35 bits per heavy atom. The molecule has 7 heteroatoms. The Balaban J connectivity index is 2.80. The third kappa shape index (κ3) is 3.83. The lowest BCUT2D eigenvalue weighted by Gasteiger charge is -2.19. The van der Waals surface area contributed by atoms with Gasteiger partial charge >= 0.3 is 6.18 Å². The number of aliphatic hydroxyl groups excluding tert-OH is 1. The van der Waals surface area contributed by atoms with Crippen molar-refractivity contribution in [2.45, 2.75) is 24.7 Å². The van der Waals surface area contributed by atoms with E-state index in [-0.39, 0.29) is 10.6 Å². The number of hydrogen-bond donors (Lipinski definition) is 2. The van der Waals surface area contributed by atoms with Crippen LogP contribution in [0.2, 0.25) is 5.02 Å². The Morgan fingerprint density at radius 2 is 1.94 bits per heavy atom. The lowest BCUT2D eigenvalue weighted by atomic mass is 10.0. The lowest BCUT2D eigenvalue weighted by Crippen LogP contribution is -2.38. The van der Waals surface area contributed by atoms with Crippen molar-refractivity contribution in [2.24, 2.45) is 5.73 Å². The minimum atomic E-state index is -4.62. The predicted molar refractivity (Wildman–Crippen MR) is 55.0 cm³/mol. The summed E-state index contributed by atoms with van der Waals surface area (Å²) in [5.41, 5.74) is 4.58. The Bertz CT molecular complexity index is 396. The molecule has 0 amide bonds. The molecular formula is C10H10ClF4NO. The fraction of sp³-hybridized carbons (Fsp3) is 0.400. The molecule has 0 aliphatic rings. The molecule has 0 saturated carbocycles. The molecule has 17 heavy (non-hydrogen) atoms. The first-order chi connectivity index (χ1) is 7.71. The predicted octanol–water partition coefficient (Wildman–Crippen LogP) is 2.79. The van der Waals surface area contributed by atoms with Crippen molar-refractivity contribution in [2.75, 3.05) is 0 Å². The molecule has 0 unspecified atom stereocenters. The number of hydrogen-bond acceptors (Lipinski definition) is 2. The van der Waals surface area contributed by atoms with Gasteiger partial charge in [0.05, 0.1) is 6.10 Å². The van der Waals surface area contributed by atoms with Gasteiger partial charge in [0.1, 0.15) is 11.9 Å². The summed E-state index contributed by atoms with van der Waals surface area (Å²) in [6.07, 6.45) is -7.05. The summed E-state index contributed by atoms with van der Waals surface area (Å²) in [4.78, 5) is 0. The maximum Gasteiger partial charge on any atom is 0.403 e. The van der Waals surface area contributed by atoms with E-state index in [2.05, 4.69) is 0 Å². The number of benzene rings is 1. The quantitative estimate of drug-likeness (QED) is 0.831. The van der Waals surface area contributed by atoms with Crippen molar-refractivity contribution < 1.29 is 22.7 Å². The van der Waals surface area contributed by atoms with Crippen LogP contribution in [0.1, 0.15) is 18.1 Å². The van der Waals surface area contributed by atoms with Gasteiger partial charge in [-0.25, -0.2) is 4.39 Å². The first-order valence-corrected chi connectivity index (χ1v) is 5.05. The second-order valence-electron chi connectivity index (χ2n) is 3.57. The van der Waals surface area contributed by atoms with Gasteiger partial charge in [-0.15, -0.1) is 0 Å². The molecule has 0 aromatic heterocycles. The van der Waals surface area contributed by atoms with Gasteiger partial charge in [0.2, 0.25) is 0 Å². The Labute approximate surface area is 100.0 Å². The number of halogens is 5. The van der Waals surface area contributed by atoms with Gasteiger partial charge in [0, 0.05) is 17.0 Å². The van der Waals surface area contributed by atoms with Crippen molar-refractivity contribution in [3.05, 3.63) is 34.6 Å². The lowest BCUT2D eigenvalue weighted by molar-refractivity contribution is -0.154. The van der Waals surface area contributed by atoms with Gasteiger partial charge in [-0.05, 0) is 12.1 Å². The summed E-state index contributed by atoms with van der Waals surface area (Å²) in [7, 11) is 0. The van der Waals surface area contributed by atoms with Crippen LogP contribution >= 0.6 is 11.6 Å². The highest BCUT2D eigenvalue weighted by Crippen LogP contribution is 2.28. The molecule has 0 spiro atoms. The van der Waals surface area contributed by atoms with E-state index in [0.29, 0.717) is 0 Å². The highest BCUT2D eigenvalue weighted by Gasteiger charge is 2.38. The molecule has 0 heterocycles. The Hall–Kier alpha value is -0.850. The second-order valence-corrected chi connectivity index (χ2v) is 4.00. The summed E-state index contributed by atoms with van der Waals surface area (Å²) in [6.45, 7) is 0. The summed E-state index contributed by atoms with van der Waals surface area (Å²) in [5.74, 6) is -0.862. The smallest absolute Gasteiger partial charge is 0.388 e. The SMILES string of the molecule is N[C@@H](C[C@H](O)c1ccc(Cl)cc1F)C(F)(F)F. The van der Waals surface area contributed by atoms with Gasteiger partial charge < -0.3 is 10.8 Å². The monoisotopic (exact) mass is 271 g/mol. The maximum absolute atomic E-state index is 13.3. The molecule has 2 atom stereocenters. The molecule has 0 fully saturated rings. The maximum atomic E-state index is 13.3. The molecule has 2 nitrogen and oxygen atoms in total. The van der Waals surface area contributed by atoms with Crippen LogP contribution in [0.5, 0.6) is 0 Å². The average Bonchev–Trinajstić information content (AvgIpc) is 2.15. The molecule has 0 bridgehead atoms. The van der Waals surface area contributed by atoms with E-state index in [4.69, 9.17) is 17.3 Å². The average molecular weight is 272 g/mol. The molecule has 1 aromatic rings. The molecule has 0 saturated heterocycles. The first kappa shape index (κ1) is 14.2. The summed E-state index contributed by atoms with van der Waals surface area (Å²) in [6, 6.07) is 1.13. The van der Waals surface area contributed by atoms with E-state index in [0.717, 1.165) is 12.1 Å². The minimum Gasteiger partial charge on any atom is -0.388 e. The molecule has 1 aromatic carbocycles. The van der Waals surface area contributed by atoms with E-state index in [9.17, 15) is 22.7 Å². The fourth-order valence-electron chi connectivity index (χ4n) is 1.27. The third-order valence-electron chi connectivity index (χ3n) is 2.22. The van der Waals surface area contributed by atoms with Gasteiger partial charge in [-0.2, -0.15) is 13.2 Å². The Kier molecular flexibility index (Phi) is 4.35. The molecule has 0 radical (unpaired) electrons. The normalized spacial score (nSPS) is 15.7. The minimum absolute atomic E-state index is 0.0959. The van der Waals surface area contributed by atoms with E-state index in [1.165, 1.54) is 6.07 Å². The van der Waals surface area contributed by atoms with Crippen LogP contribution in [0.25, 0.3) is 0 Å². The first-order valence-electron chi connectivity index (χ1n) is 4.67. The van der Waals surface area contributed by atoms with Crippen molar-refractivity contribution in [1.82, 2.24) is 0 Å². The summed E-state index contributed by atoms with van der Waals surface area (Å²) >= 11 is 5.47. The topological polar surface area (TPSA) is 46.2 Å². The summed E-state index contributed by atoms with van der Waals surface area (Å²) in [5, 5.41) is 9.56. The Morgan fingerprint density at radius 3 is 2.41 bits per heavy atom. The van der Waals surface area contributed by atoms with Crippen molar-refractivity contribution in [3.8, 4) is 0 Å². The van der Waals surface area contributed by atoms with Crippen molar-refractivity contribution in [3.63, 3.8) is 0 Å². The highest BCUT2D eigenvalue weighted by molar-refractivity contribution is 6.30. The van der Waals surface area contributed by atoms with Gasteiger partial charge in [-0.1, -0.05) is 17.7 Å². The van der Waals surface area contributed by atoms with Crippen LogP contribution in [-0.4, -0.2) is 17.3 Å². The molecule has 3 N–H and O–H groups in total. The third-order valence-corrected chi connectivity index (χ3v) is 2.45. The largest absolute Gasteiger partial charge is 0.403 e. The van der Waals surface area contributed by atoms with Crippen LogP contribution in [0.3, 0.4) is 0 Å². The zero-order chi connectivity index (χ0) is 13.2. The molecular weight excluding hydrogens is 262 g/mol. The van der Waals surface area contributed by atoms with Gasteiger partial charge in [-0.3, -0.25) is 0 Å². The standard InChI is InChI=1S/C10H10ClF4NO/c11-5-1-2-6(7(12)3-5)8(17)4-9(16)10(13,14)15/h1-3,8-9,17H,4,16H2/t8-,9-/m0/s1.